The van der Waals surface area contributed by atoms with E-state index in [0.717, 1.165) is 47.2 Å². The molecule has 1 aliphatic heterocycles. The fourth-order valence-electron chi connectivity index (χ4n) is 4.69. The van der Waals surface area contributed by atoms with Gasteiger partial charge in [-0.1, -0.05) is 12.1 Å². The van der Waals surface area contributed by atoms with Gasteiger partial charge >= 0.3 is 5.97 Å². The number of benzene rings is 1. The maximum absolute atomic E-state index is 11.4. The van der Waals surface area contributed by atoms with E-state index in [1.54, 1.807) is 0 Å². The summed E-state index contributed by atoms with van der Waals surface area (Å²) in [7, 11) is 4.13. The molecule has 1 unspecified atom stereocenters. The van der Waals surface area contributed by atoms with E-state index in [0.29, 0.717) is 24.2 Å². The van der Waals surface area contributed by atoms with Crippen LogP contribution in [-0.4, -0.2) is 52.6 Å². The lowest BCUT2D eigenvalue weighted by Crippen LogP contribution is -2.37. The third kappa shape index (κ3) is 3.32. The molecule has 0 amide bonds. The Balaban J connectivity index is 2.04. The monoisotopic (exact) mass is 405 g/mol. The number of hydrogen-bond donors (Lipinski definition) is 0. The lowest BCUT2D eigenvalue weighted by molar-refractivity contribution is -0.140. The highest BCUT2D eigenvalue weighted by Crippen LogP contribution is 2.39. The molecule has 1 saturated heterocycles. The molecular formula is C23H27N5O2. The van der Waals surface area contributed by atoms with Crippen molar-refractivity contribution >= 4 is 22.6 Å². The number of hydrogen-bond acceptors (Lipinski definition) is 6. The molecule has 1 atom stereocenters. The number of nitriles is 1. The van der Waals surface area contributed by atoms with E-state index < -0.39 is 0 Å². The quantitative estimate of drug-likeness (QED) is 0.606. The molecule has 3 aromatic rings. The maximum Gasteiger partial charge on any atom is 0.302 e. The number of pyridine rings is 1. The Morgan fingerprint density at radius 1 is 1.37 bits per heavy atom. The van der Waals surface area contributed by atoms with Gasteiger partial charge in [-0.25, -0.2) is 15.0 Å². The molecule has 30 heavy (non-hydrogen) atoms. The van der Waals surface area contributed by atoms with Crippen LogP contribution in [0.2, 0.25) is 0 Å². The Hall–Kier alpha value is -2.95. The lowest BCUT2D eigenvalue weighted by Gasteiger charge is -2.33. The van der Waals surface area contributed by atoms with Gasteiger partial charge in [-0.15, -0.1) is 0 Å². The summed E-state index contributed by atoms with van der Waals surface area (Å²) in [5.74, 6) is -0.292. The predicted molar refractivity (Wildman–Crippen MR) is 115 cm³/mol. The van der Waals surface area contributed by atoms with Crippen molar-refractivity contribution in [1.29, 1.82) is 5.26 Å². The molecule has 7 nitrogen and oxygen atoms in total. The van der Waals surface area contributed by atoms with E-state index in [4.69, 9.17) is 9.72 Å². The van der Waals surface area contributed by atoms with Crippen LogP contribution in [0.3, 0.4) is 0 Å². The van der Waals surface area contributed by atoms with Gasteiger partial charge in [-0.05, 0) is 43.0 Å². The van der Waals surface area contributed by atoms with Crippen LogP contribution in [0.5, 0.6) is 0 Å². The number of aromatic nitrogens is 2. The van der Waals surface area contributed by atoms with Crippen molar-refractivity contribution in [2.45, 2.75) is 39.2 Å². The summed E-state index contributed by atoms with van der Waals surface area (Å²) in [6, 6.07) is 10.6. The molecule has 0 radical (unpaired) electrons. The second-order valence-corrected chi connectivity index (χ2v) is 7.99. The van der Waals surface area contributed by atoms with Gasteiger partial charge in [0.15, 0.2) is 5.65 Å². The largest absolute Gasteiger partial charge is 0.466 e. The first-order valence-electron chi connectivity index (χ1n) is 10.3. The van der Waals surface area contributed by atoms with Gasteiger partial charge in [0.25, 0.3) is 0 Å². The first-order chi connectivity index (χ1) is 14.4. The highest BCUT2D eigenvalue weighted by molar-refractivity contribution is 5.84. The average molecular weight is 406 g/mol. The van der Waals surface area contributed by atoms with E-state index in [1.165, 1.54) is 6.92 Å². The van der Waals surface area contributed by atoms with Crippen LogP contribution in [0.25, 0.3) is 16.7 Å². The van der Waals surface area contributed by atoms with Crippen LogP contribution in [0.1, 0.15) is 48.2 Å². The first-order valence-corrected chi connectivity index (χ1v) is 10.3. The number of fused-ring (bicyclic) bond motifs is 3. The van der Waals surface area contributed by atoms with Crippen LogP contribution in [0.15, 0.2) is 24.3 Å². The van der Waals surface area contributed by atoms with Crippen LogP contribution in [0.4, 0.5) is 0 Å². The minimum absolute atomic E-state index is 0.166. The van der Waals surface area contributed by atoms with Crippen LogP contribution >= 0.6 is 0 Å². The Morgan fingerprint density at radius 2 is 2.13 bits per heavy atom. The molecule has 0 saturated carbocycles. The van der Waals surface area contributed by atoms with Gasteiger partial charge in [0, 0.05) is 39.7 Å². The van der Waals surface area contributed by atoms with Crippen LogP contribution in [-0.2, 0) is 16.0 Å². The van der Waals surface area contributed by atoms with Crippen LogP contribution < -0.4 is 0 Å². The van der Waals surface area contributed by atoms with Gasteiger partial charge < -0.3 is 4.74 Å². The molecule has 0 bridgehead atoms. The van der Waals surface area contributed by atoms with Crippen molar-refractivity contribution in [2.75, 3.05) is 27.2 Å². The summed E-state index contributed by atoms with van der Waals surface area (Å²) in [5, 5.41) is 14.5. The summed E-state index contributed by atoms with van der Waals surface area (Å²) in [6.45, 7) is 4.68. The molecule has 3 heterocycles. The predicted octanol–water partition coefficient (Wildman–Crippen LogP) is 3.39. The normalized spacial score (nSPS) is 17.1. The number of carbonyl (C=O) groups excluding carboxylic acids is 1. The minimum Gasteiger partial charge on any atom is -0.466 e. The number of imidazole rings is 1. The second-order valence-electron chi connectivity index (χ2n) is 7.99. The first kappa shape index (κ1) is 20.3. The van der Waals surface area contributed by atoms with E-state index in [9.17, 15) is 10.1 Å². The Bertz CT molecular complexity index is 1160. The maximum atomic E-state index is 11.4. The summed E-state index contributed by atoms with van der Waals surface area (Å²) in [6.07, 6.45) is 2.68. The Labute approximate surface area is 176 Å². The smallest absolute Gasteiger partial charge is 0.302 e. The second kappa shape index (κ2) is 8.05. The molecule has 0 spiro atoms. The minimum atomic E-state index is -0.292. The highest BCUT2D eigenvalue weighted by atomic mass is 16.5. The molecule has 1 aromatic carbocycles. The molecular weight excluding hydrogens is 378 g/mol. The number of rotatable bonds is 5. The summed E-state index contributed by atoms with van der Waals surface area (Å²) in [5.41, 5.74) is 6.30. The summed E-state index contributed by atoms with van der Waals surface area (Å²) >= 11 is 0. The fraction of sp³-hybridized carbons (Fsp3) is 0.435. The highest BCUT2D eigenvalue weighted by Gasteiger charge is 2.33. The topological polar surface area (TPSA) is 73.9 Å². The molecule has 2 aromatic heterocycles. The molecule has 0 aliphatic carbocycles. The van der Waals surface area contributed by atoms with Gasteiger partial charge in [0.1, 0.15) is 6.07 Å². The Kier molecular flexibility index (Phi) is 5.46. The number of esters is 1. The van der Waals surface area contributed by atoms with Gasteiger partial charge in [0.2, 0.25) is 0 Å². The van der Waals surface area contributed by atoms with Crippen molar-refractivity contribution in [3.05, 3.63) is 46.6 Å². The van der Waals surface area contributed by atoms with Crippen molar-refractivity contribution in [2.24, 2.45) is 0 Å². The standard InChI is InChI=1S/C23H27N5O2/c1-15-17(11-13-30-16(2)29)22(21-10-7-12-27(21)26(3)4)28-20-9-6-5-8-19(20)25-23(28)18(15)14-24/h5-6,8-9,21H,7,10-13H2,1-4H3. The molecule has 7 heteroatoms. The average Bonchev–Trinajstić information content (AvgIpc) is 3.33. The van der Waals surface area contributed by atoms with E-state index in [2.05, 4.69) is 40.6 Å². The lowest BCUT2D eigenvalue weighted by atomic mass is 9.95. The number of para-hydroxylation sites is 2. The molecule has 0 N–H and O–H groups in total. The van der Waals surface area contributed by atoms with Crippen molar-refractivity contribution in [1.82, 2.24) is 19.4 Å². The fourth-order valence-corrected chi connectivity index (χ4v) is 4.69. The van der Waals surface area contributed by atoms with Crippen molar-refractivity contribution in [3.8, 4) is 6.07 Å². The zero-order valence-electron chi connectivity index (χ0n) is 18.0. The van der Waals surface area contributed by atoms with Crippen molar-refractivity contribution < 1.29 is 9.53 Å². The van der Waals surface area contributed by atoms with Crippen molar-refractivity contribution in [3.63, 3.8) is 0 Å². The van der Waals surface area contributed by atoms with E-state index >= 15 is 0 Å². The van der Waals surface area contributed by atoms with E-state index in [-0.39, 0.29) is 12.0 Å². The summed E-state index contributed by atoms with van der Waals surface area (Å²) < 4.78 is 7.44. The molecule has 1 fully saturated rings. The SMILES string of the molecule is CC(=O)OCCc1c(C)c(C#N)c2nc3ccccc3n2c1C1CCCN1N(C)C. The number of ether oxygens (including phenoxy) is 1. The number of nitrogens with zero attached hydrogens (tertiary/aromatic N) is 5. The van der Waals surface area contributed by atoms with Gasteiger partial charge in [-0.3, -0.25) is 9.20 Å². The zero-order chi connectivity index (χ0) is 21.4. The van der Waals surface area contributed by atoms with Gasteiger partial charge in [-0.2, -0.15) is 5.26 Å². The number of hydrazine groups is 1. The molecule has 4 rings (SSSR count). The third-order valence-electron chi connectivity index (χ3n) is 5.99. The third-order valence-corrected chi connectivity index (χ3v) is 5.99. The van der Waals surface area contributed by atoms with E-state index in [1.807, 2.05) is 25.1 Å². The molecule has 156 valence electrons. The van der Waals surface area contributed by atoms with Gasteiger partial charge in [0.05, 0.1) is 29.2 Å². The summed E-state index contributed by atoms with van der Waals surface area (Å²) in [4.78, 5) is 16.2. The number of carbonyl (C=O) groups is 1. The zero-order valence-corrected chi connectivity index (χ0v) is 18.0. The van der Waals surface area contributed by atoms with Crippen LogP contribution in [0, 0.1) is 18.3 Å². The Morgan fingerprint density at radius 3 is 2.83 bits per heavy atom. The molecule has 1 aliphatic rings.